The van der Waals surface area contributed by atoms with Crippen molar-refractivity contribution < 1.29 is 33.4 Å². The smallest absolute Gasteiger partial charge is 0.160 e. The van der Waals surface area contributed by atoms with Gasteiger partial charge in [0.25, 0.3) is 0 Å². The molecule has 0 amide bonds. The molecule has 6 rings (SSSR count). The summed E-state index contributed by atoms with van der Waals surface area (Å²) in [6, 6.07) is 23.5. The zero-order valence-corrected chi connectivity index (χ0v) is 31.0. The van der Waals surface area contributed by atoms with E-state index in [4.69, 9.17) is 14.2 Å². The molecule has 0 aliphatic rings. The Bertz CT molecular complexity index is 1790. The fourth-order valence-corrected chi connectivity index (χ4v) is 9.11. The maximum Gasteiger partial charge on any atom is 0.160 e. The summed E-state index contributed by atoms with van der Waals surface area (Å²) in [7, 11) is 0. The molecule has 6 aromatic rings. The molecule has 51 heavy (non-hydrogen) atoms. The molecule has 0 N–H and O–H groups in total. The molecule has 264 valence electrons. The molecule has 0 saturated heterocycles. The van der Waals surface area contributed by atoms with Crippen LogP contribution in [0.25, 0.3) is 42.3 Å². The van der Waals surface area contributed by atoms with Crippen molar-refractivity contribution in [2.24, 2.45) is 0 Å². The van der Waals surface area contributed by atoms with Crippen LogP contribution in [0.5, 0.6) is 0 Å². The summed E-state index contributed by atoms with van der Waals surface area (Å²) in [6.45, 7) is 4.49. The van der Waals surface area contributed by atoms with Gasteiger partial charge in [0.15, 0.2) is 25.1 Å². The summed E-state index contributed by atoms with van der Waals surface area (Å²) in [5.41, 5.74) is 4.14. The van der Waals surface area contributed by atoms with Gasteiger partial charge in [0.1, 0.15) is 0 Å². The molecule has 6 heterocycles. The van der Waals surface area contributed by atoms with Crippen LogP contribution >= 0.6 is 45.3 Å². The largest absolute Gasteiger partial charge is 0.379 e. The number of hydrogen-bond acceptors (Lipinski definition) is 11. The first kappa shape index (κ1) is 36.7. The summed E-state index contributed by atoms with van der Waals surface area (Å²) in [5.74, 6) is 0. The van der Waals surface area contributed by atoms with E-state index in [1.54, 1.807) is 0 Å². The fourth-order valence-electron chi connectivity index (χ4n) is 5.68. The first-order chi connectivity index (χ1) is 25.1. The van der Waals surface area contributed by atoms with E-state index in [0.29, 0.717) is 59.1 Å². The van der Waals surface area contributed by atoms with Crippen LogP contribution in [0, 0.1) is 0 Å². The number of hydrogen-bond donors (Lipinski definition) is 0. The van der Waals surface area contributed by atoms with Crippen LogP contribution in [0.3, 0.4) is 0 Å². The number of thiophene rings is 4. The van der Waals surface area contributed by atoms with Crippen LogP contribution < -0.4 is 0 Å². The van der Waals surface area contributed by atoms with Crippen molar-refractivity contribution in [3.63, 3.8) is 0 Å². The van der Waals surface area contributed by atoms with E-state index < -0.39 is 0 Å². The number of aromatic nitrogens is 2. The molecule has 0 radical (unpaired) electrons. The normalized spacial score (nSPS) is 11.3. The van der Waals surface area contributed by atoms with Crippen molar-refractivity contribution in [2.75, 3.05) is 39.6 Å². The second-order valence-electron chi connectivity index (χ2n) is 11.3. The van der Waals surface area contributed by atoms with E-state index in [1.807, 2.05) is 48.5 Å². The standard InChI is InChI=1S/C38H36N2O7S4/c41-23-27-3-11-35(48-27)31-7-8-32(36-12-4-28(24-42)49-36)39(31)15-1-17-45-19-21-47-22-20-46-18-2-16-40-33(37-13-5-29(25-43)50-37)9-10-34(40)38-14-6-30(26-44)51-38/h3-14,23-26H,1-2,15-22H2. The maximum atomic E-state index is 11.3. The Hall–Kier alpha value is -4.08. The zero-order chi connectivity index (χ0) is 35.4. The third kappa shape index (κ3) is 9.24. The van der Waals surface area contributed by atoms with Crippen molar-refractivity contribution in [3.05, 3.63) is 92.3 Å². The van der Waals surface area contributed by atoms with Crippen LogP contribution in [0.1, 0.15) is 51.5 Å². The van der Waals surface area contributed by atoms with E-state index in [9.17, 15) is 19.2 Å². The molecule has 6 aromatic heterocycles. The Morgan fingerprint density at radius 2 is 0.667 bits per heavy atom. The van der Waals surface area contributed by atoms with Crippen molar-refractivity contribution in [3.8, 4) is 42.3 Å². The number of carbonyl (C=O) groups excluding carboxylic acids is 4. The molecule has 0 spiro atoms. The minimum absolute atomic E-state index is 0.472. The third-order valence-electron chi connectivity index (χ3n) is 8.03. The summed E-state index contributed by atoms with van der Waals surface area (Å²) in [5, 5.41) is 0. The van der Waals surface area contributed by atoms with Gasteiger partial charge in [-0.1, -0.05) is 0 Å². The molecular weight excluding hydrogens is 725 g/mol. The van der Waals surface area contributed by atoms with Crippen molar-refractivity contribution in [1.29, 1.82) is 0 Å². The molecule has 0 unspecified atom stereocenters. The lowest BCUT2D eigenvalue weighted by Crippen LogP contribution is -2.12. The number of nitrogens with zero attached hydrogens (tertiary/aromatic N) is 2. The number of ether oxygens (including phenoxy) is 3. The number of aldehydes is 4. The first-order valence-corrected chi connectivity index (χ1v) is 19.7. The first-order valence-electron chi connectivity index (χ1n) is 16.5. The molecule has 9 nitrogen and oxygen atoms in total. The van der Waals surface area contributed by atoms with Gasteiger partial charge < -0.3 is 23.3 Å². The highest BCUT2D eigenvalue weighted by Crippen LogP contribution is 2.37. The van der Waals surface area contributed by atoms with Crippen LogP contribution in [0.4, 0.5) is 0 Å². The topological polar surface area (TPSA) is 106 Å². The molecule has 13 heteroatoms. The summed E-state index contributed by atoms with van der Waals surface area (Å²) in [6.07, 6.45) is 5.06. The second kappa shape index (κ2) is 18.4. The van der Waals surface area contributed by atoms with Gasteiger partial charge in [0, 0.05) is 26.3 Å². The van der Waals surface area contributed by atoms with E-state index in [0.717, 1.165) is 93.4 Å². The SMILES string of the molecule is O=Cc1ccc(-c2ccc(-c3ccc(C=O)s3)n2CCCOCCOCCOCCCn2c(-c3ccc(C=O)s3)ccc2-c2ccc(C=O)s2)s1. The molecule has 0 aromatic carbocycles. The Morgan fingerprint density at radius 3 is 0.922 bits per heavy atom. The predicted molar refractivity (Wildman–Crippen MR) is 205 cm³/mol. The fraction of sp³-hybridized carbons (Fsp3) is 0.263. The van der Waals surface area contributed by atoms with E-state index >= 15 is 0 Å². The van der Waals surface area contributed by atoms with Crippen LogP contribution in [0.15, 0.2) is 72.8 Å². The van der Waals surface area contributed by atoms with Gasteiger partial charge in [0.05, 0.1) is 88.2 Å². The van der Waals surface area contributed by atoms with Crippen LogP contribution in [-0.4, -0.2) is 73.9 Å². The highest BCUT2D eigenvalue weighted by atomic mass is 32.1. The van der Waals surface area contributed by atoms with Gasteiger partial charge in [-0.2, -0.15) is 0 Å². The lowest BCUT2D eigenvalue weighted by Gasteiger charge is -2.13. The predicted octanol–water partition coefficient (Wildman–Crippen LogP) is 8.98. The summed E-state index contributed by atoms with van der Waals surface area (Å²) < 4.78 is 21.9. The van der Waals surface area contributed by atoms with E-state index in [2.05, 4.69) is 33.4 Å². The minimum atomic E-state index is 0.472. The lowest BCUT2D eigenvalue weighted by molar-refractivity contribution is 0.0129. The Kier molecular flexibility index (Phi) is 13.3. The number of rotatable bonds is 22. The zero-order valence-electron chi connectivity index (χ0n) is 27.7. The third-order valence-corrected chi connectivity index (χ3v) is 12.2. The van der Waals surface area contributed by atoms with Gasteiger partial charge in [-0.15, -0.1) is 45.3 Å². The Labute approximate surface area is 311 Å². The average Bonchev–Trinajstić information content (AvgIpc) is 4.01. The summed E-state index contributed by atoms with van der Waals surface area (Å²) in [4.78, 5) is 51.9. The van der Waals surface area contributed by atoms with Crippen molar-refractivity contribution in [1.82, 2.24) is 9.13 Å². The van der Waals surface area contributed by atoms with Crippen molar-refractivity contribution in [2.45, 2.75) is 25.9 Å². The van der Waals surface area contributed by atoms with E-state index in [-0.39, 0.29) is 0 Å². The quantitative estimate of drug-likeness (QED) is 0.0503. The highest BCUT2D eigenvalue weighted by molar-refractivity contribution is 7.18. The van der Waals surface area contributed by atoms with Gasteiger partial charge >= 0.3 is 0 Å². The Balaban J connectivity index is 0.906. The monoisotopic (exact) mass is 760 g/mol. The van der Waals surface area contributed by atoms with Crippen LogP contribution in [0.2, 0.25) is 0 Å². The maximum absolute atomic E-state index is 11.3. The summed E-state index contributed by atoms with van der Waals surface area (Å²) >= 11 is 5.84. The van der Waals surface area contributed by atoms with Crippen molar-refractivity contribution >= 4 is 70.5 Å². The molecule has 0 saturated carbocycles. The highest BCUT2D eigenvalue weighted by Gasteiger charge is 2.17. The lowest BCUT2D eigenvalue weighted by atomic mass is 10.3. The van der Waals surface area contributed by atoms with Crippen LogP contribution in [-0.2, 0) is 27.3 Å². The molecule has 0 atom stereocenters. The van der Waals surface area contributed by atoms with Gasteiger partial charge in [-0.05, 0) is 85.6 Å². The molecule has 0 fully saturated rings. The molecule has 0 aliphatic carbocycles. The average molecular weight is 761 g/mol. The number of carbonyl (C=O) groups is 4. The molecular formula is C38H36N2O7S4. The Morgan fingerprint density at radius 1 is 0.392 bits per heavy atom. The van der Waals surface area contributed by atoms with Gasteiger partial charge in [-0.25, -0.2) is 0 Å². The molecule has 0 aliphatic heterocycles. The minimum Gasteiger partial charge on any atom is -0.379 e. The second-order valence-corrected chi connectivity index (χ2v) is 15.8. The molecule has 0 bridgehead atoms. The van der Waals surface area contributed by atoms with E-state index in [1.165, 1.54) is 45.3 Å². The van der Waals surface area contributed by atoms with Gasteiger partial charge in [-0.3, -0.25) is 19.2 Å². The van der Waals surface area contributed by atoms with Gasteiger partial charge in [0.2, 0.25) is 0 Å².